The van der Waals surface area contributed by atoms with Crippen LogP contribution in [0, 0.1) is 12.7 Å². The summed E-state index contributed by atoms with van der Waals surface area (Å²) in [7, 11) is -5.16. The first kappa shape index (κ1) is 16.1. The van der Waals surface area contributed by atoms with E-state index in [2.05, 4.69) is 4.72 Å². The van der Waals surface area contributed by atoms with Gasteiger partial charge in [0, 0.05) is 34.5 Å². The van der Waals surface area contributed by atoms with E-state index in [9.17, 15) is 17.0 Å². The van der Waals surface area contributed by atoms with Crippen LogP contribution in [0.4, 0.5) is 10.1 Å². The molecular weight excluding hydrogens is 291 g/mol. The fraction of sp³-hybridized carbons (Fsp3) is 0.455. The Morgan fingerprint density at radius 3 is 2.58 bits per heavy atom. The molecule has 1 aromatic rings. The highest BCUT2D eigenvalue weighted by Crippen LogP contribution is 2.21. The van der Waals surface area contributed by atoms with Gasteiger partial charge in [0.25, 0.3) is 0 Å². The quantitative estimate of drug-likeness (QED) is 0.786. The van der Waals surface area contributed by atoms with Gasteiger partial charge in [-0.3, -0.25) is 4.21 Å². The van der Waals surface area contributed by atoms with Crippen LogP contribution in [-0.2, 0) is 20.8 Å². The van der Waals surface area contributed by atoms with Gasteiger partial charge < -0.3 is 5.73 Å². The molecule has 0 aromatic heterocycles. The molecule has 0 fully saturated rings. The van der Waals surface area contributed by atoms with Crippen molar-refractivity contribution in [2.45, 2.75) is 24.0 Å². The Kier molecular flexibility index (Phi) is 5.05. The van der Waals surface area contributed by atoms with Crippen LogP contribution in [0.2, 0.25) is 0 Å². The highest BCUT2D eigenvalue weighted by molar-refractivity contribution is 7.89. The van der Waals surface area contributed by atoms with E-state index in [1.165, 1.54) is 19.2 Å². The van der Waals surface area contributed by atoms with Gasteiger partial charge in [0.15, 0.2) is 0 Å². The molecule has 2 atom stereocenters. The van der Waals surface area contributed by atoms with Crippen LogP contribution < -0.4 is 10.5 Å². The van der Waals surface area contributed by atoms with Gasteiger partial charge in [-0.25, -0.2) is 17.5 Å². The third-order valence-electron chi connectivity index (χ3n) is 2.66. The average Bonchev–Trinajstić information content (AvgIpc) is 2.30. The molecule has 0 saturated heterocycles. The fourth-order valence-corrected chi connectivity index (χ4v) is 3.12. The summed E-state index contributed by atoms with van der Waals surface area (Å²) >= 11 is 0. The van der Waals surface area contributed by atoms with E-state index in [1.807, 2.05) is 0 Å². The third kappa shape index (κ3) is 3.99. The zero-order chi connectivity index (χ0) is 14.8. The van der Waals surface area contributed by atoms with Gasteiger partial charge >= 0.3 is 0 Å². The zero-order valence-corrected chi connectivity index (χ0v) is 12.6. The second-order valence-corrected chi connectivity index (χ2v) is 7.85. The maximum absolute atomic E-state index is 13.8. The molecule has 8 heteroatoms. The third-order valence-corrected chi connectivity index (χ3v) is 5.38. The molecule has 2 unspecified atom stereocenters. The van der Waals surface area contributed by atoms with Crippen molar-refractivity contribution >= 4 is 26.5 Å². The number of halogens is 1. The predicted molar refractivity (Wildman–Crippen MR) is 74.3 cm³/mol. The van der Waals surface area contributed by atoms with E-state index in [1.54, 1.807) is 6.92 Å². The van der Waals surface area contributed by atoms with Crippen molar-refractivity contribution in [2.75, 3.05) is 18.5 Å². The molecule has 3 N–H and O–H groups in total. The number of hydrogen-bond donors (Lipinski definition) is 2. The zero-order valence-electron chi connectivity index (χ0n) is 10.9. The summed E-state index contributed by atoms with van der Waals surface area (Å²) in [6.07, 6.45) is 1.48. The molecule has 0 heterocycles. The van der Waals surface area contributed by atoms with Gasteiger partial charge in [0.05, 0.1) is 0 Å². The SMILES string of the molecule is Cc1cc(N)cc(S(=O)(=O)NCC(C)S(C)=O)c1F. The normalized spacial score (nSPS) is 15.2. The van der Waals surface area contributed by atoms with Gasteiger partial charge in [0.1, 0.15) is 10.7 Å². The maximum Gasteiger partial charge on any atom is 0.243 e. The Morgan fingerprint density at radius 2 is 2.05 bits per heavy atom. The monoisotopic (exact) mass is 308 g/mol. The molecular formula is C11H17FN2O3S2. The predicted octanol–water partition coefficient (Wildman–Crippen LogP) is 0.762. The van der Waals surface area contributed by atoms with Gasteiger partial charge in [-0.05, 0) is 31.5 Å². The molecule has 0 spiro atoms. The number of rotatable bonds is 5. The molecule has 108 valence electrons. The van der Waals surface area contributed by atoms with Crippen molar-refractivity contribution in [3.05, 3.63) is 23.5 Å². The number of nitrogen functional groups attached to an aromatic ring is 1. The minimum atomic E-state index is -4.00. The van der Waals surface area contributed by atoms with E-state index >= 15 is 0 Å². The summed E-state index contributed by atoms with van der Waals surface area (Å²) in [6, 6.07) is 2.43. The van der Waals surface area contributed by atoms with E-state index in [4.69, 9.17) is 5.73 Å². The van der Waals surface area contributed by atoms with Crippen molar-refractivity contribution < 1.29 is 17.0 Å². The van der Waals surface area contributed by atoms with Gasteiger partial charge in [-0.2, -0.15) is 0 Å². The van der Waals surface area contributed by atoms with Crippen LogP contribution in [0.25, 0.3) is 0 Å². The molecule has 0 bridgehead atoms. The summed E-state index contributed by atoms with van der Waals surface area (Å²) in [5.41, 5.74) is 5.85. The van der Waals surface area contributed by atoms with Crippen molar-refractivity contribution in [2.24, 2.45) is 0 Å². The van der Waals surface area contributed by atoms with Crippen LogP contribution in [0.3, 0.4) is 0 Å². The first-order chi connectivity index (χ1) is 8.65. The highest BCUT2D eigenvalue weighted by atomic mass is 32.2. The Balaban J connectivity index is 3.05. The summed E-state index contributed by atoms with van der Waals surface area (Å²) < 4.78 is 51.2. The van der Waals surface area contributed by atoms with Crippen LogP contribution in [0.15, 0.2) is 17.0 Å². The van der Waals surface area contributed by atoms with Gasteiger partial charge in [-0.1, -0.05) is 0 Å². The maximum atomic E-state index is 13.8. The van der Waals surface area contributed by atoms with E-state index < -0.39 is 31.5 Å². The van der Waals surface area contributed by atoms with Crippen LogP contribution in [-0.4, -0.2) is 30.7 Å². The Morgan fingerprint density at radius 1 is 1.47 bits per heavy atom. The second-order valence-electron chi connectivity index (χ2n) is 4.31. The number of nitrogens with two attached hydrogens (primary N) is 1. The molecule has 0 amide bonds. The summed E-state index contributed by atoms with van der Waals surface area (Å²) in [5, 5.41) is -0.361. The van der Waals surface area contributed by atoms with Crippen LogP contribution in [0.5, 0.6) is 0 Å². The molecule has 19 heavy (non-hydrogen) atoms. The summed E-state index contributed by atoms with van der Waals surface area (Å²) in [4.78, 5) is -0.487. The molecule has 0 saturated carbocycles. The molecule has 1 rings (SSSR count). The minimum Gasteiger partial charge on any atom is -0.399 e. The van der Waals surface area contributed by atoms with Gasteiger partial charge in [-0.15, -0.1) is 0 Å². The lowest BCUT2D eigenvalue weighted by molar-refractivity contribution is 0.553. The molecule has 0 aliphatic rings. The van der Waals surface area contributed by atoms with Crippen molar-refractivity contribution in [1.82, 2.24) is 4.72 Å². The molecule has 0 radical (unpaired) electrons. The summed E-state index contributed by atoms with van der Waals surface area (Å²) in [6.45, 7) is 3.05. The van der Waals surface area contributed by atoms with E-state index in [0.29, 0.717) is 0 Å². The van der Waals surface area contributed by atoms with Crippen molar-refractivity contribution in [3.63, 3.8) is 0 Å². The van der Waals surface area contributed by atoms with Gasteiger partial charge in [0.2, 0.25) is 10.0 Å². The molecule has 1 aromatic carbocycles. The number of anilines is 1. The number of nitrogens with one attached hydrogen (secondary N) is 1. The summed E-state index contributed by atoms with van der Waals surface area (Å²) in [5.74, 6) is -0.827. The van der Waals surface area contributed by atoms with Crippen molar-refractivity contribution in [3.8, 4) is 0 Å². The van der Waals surface area contributed by atoms with E-state index in [-0.39, 0.29) is 23.0 Å². The average molecular weight is 308 g/mol. The second kappa shape index (κ2) is 5.98. The smallest absolute Gasteiger partial charge is 0.243 e. The molecule has 0 aliphatic heterocycles. The van der Waals surface area contributed by atoms with Crippen LogP contribution >= 0.6 is 0 Å². The number of benzene rings is 1. The molecule has 5 nitrogen and oxygen atoms in total. The lowest BCUT2D eigenvalue weighted by Gasteiger charge is -2.12. The minimum absolute atomic E-state index is 0.0290. The first-order valence-electron chi connectivity index (χ1n) is 5.52. The Hall–Kier alpha value is -0.990. The van der Waals surface area contributed by atoms with Crippen molar-refractivity contribution in [1.29, 1.82) is 0 Å². The molecule has 0 aliphatic carbocycles. The first-order valence-corrected chi connectivity index (χ1v) is 8.63. The largest absolute Gasteiger partial charge is 0.399 e. The number of aryl methyl sites for hydroxylation is 1. The topological polar surface area (TPSA) is 89.3 Å². The highest BCUT2D eigenvalue weighted by Gasteiger charge is 2.22. The number of sulfonamides is 1. The fourth-order valence-electron chi connectivity index (χ4n) is 1.38. The Labute approximate surface area is 114 Å². The standard InChI is InChI=1S/C11H17FN2O3S2/c1-7-4-9(13)5-10(11(7)12)19(16,17)14-6-8(2)18(3)15/h4-5,8,14H,6,13H2,1-3H3. The van der Waals surface area contributed by atoms with Crippen LogP contribution in [0.1, 0.15) is 12.5 Å². The number of hydrogen-bond acceptors (Lipinski definition) is 4. The van der Waals surface area contributed by atoms with E-state index in [0.717, 1.165) is 6.07 Å². The lowest BCUT2D eigenvalue weighted by Crippen LogP contribution is -2.33. The lowest BCUT2D eigenvalue weighted by atomic mass is 10.2. The Bertz CT molecular complexity index is 602.